The first-order valence-corrected chi connectivity index (χ1v) is 5.22. The molecular weight excluding hydrogens is 212 g/mol. The van der Waals surface area contributed by atoms with E-state index in [0.29, 0.717) is 17.6 Å². The van der Waals surface area contributed by atoms with E-state index in [1.165, 1.54) is 6.07 Å². The third kappa shape index (κ3) is 2.04. The van der Waals surface area contributed by atoms with Gasteiger partial charge in [0.15, 0.2) is 11.6 Å². The van der Waals surface area contributed by atoms with Crippen LogP contribution in [0.4, 0.5) is 8.78 Å². The number of nitrogens with zero attached hydrogens (tertiary/aromatic N) is 2. The lowest BCUT2D eigenvalue weighted by atomic mass is 10.2. The Kier molecular flexibility index (Phi) is 3.14. The minimum Gasteiger partial charge on any atom is -0.331 e. The summed E-state index contributed by atoms with van der Waals surface area (Å²) in [5, 5.41) is 0. The minimum atomic E-state index is -0.861. The molecule has 0 atom stereocenters. The topological polar surface area (TPSA) is 43.8 Å². The molecule has 0 unspecified atom stereocenters. The Morgan fingerprint density at radius 3 is 2.69 bits per heavy atom. The van der Waals surface area contributed by atoms with Crippen molar-refractivity contribution in [1.29, 1.82) is 0 Å². The van der Waals surface area contributed by atoms with E-state index in [0.717, 1.165) is 25.5 Å². The molecule has 0 amide bonds. The molecule has 0 aliphatic rings. The molecule has 1 aromatic heterocycles. The third-order valence-corrected chi connectivity index (χ3v) is 2.52. The molecule has 2 rings (SSSR count). The number of imidazole rings is 1. The van der Waals surface area contributed by atoms with Gasteiger partial charge in [-0.1, -0.05) is 0 Å². The van der Waals surface area contributed by atoms with E-state index < -0.39 is 11.6 Å². The number of fused-ring (bicyclic) bond motifs is 1. The smallest absolute Gasteiger partial charge is 0.161 e. The molecule has 2 N–H and O–H groups in total. The van der Waals surface area contributed by atoms with E-state index in [9.17, 15) is 8.78 Å². The fourth-order valence-corrected chi connectivity index (χ4v) is 1.66. The second kappa shape index (κ2) is 4.57. The van der Waals surface area contributed by atoms with Crippen molar-refractivity contribution < 1.29 is 8.78 Å². The Bertz CT molecular complexity index is 493. The first kappa shape index (κ1) is 11.0. The van der Waals surface area contributed by atoms with Gasteiger partial charge in [0.1, 0.15) is 0 Å². The van der Waals surface area contributed by atoms with Crippen LogP contribution < -0.4 is 5.73 Å². The molecule has 0 fully saturated rings. The highest BCUT2D eigenvalue weighted by molar-refractivity contribution is 5.75. The number of halogens is 2. The van der Waals surface area contributed by atoms with Crippen LogP contribution in [0.15, 0.2) is 18.5 Å². The summed E-state index contributed by atoms with van der Waals surface area (Å²) in [6.45, 7) is 1.36. The number of rotatable bonds is 4. The average Bonchev–Trinajstić information content (AvgIpc) is 2.63. The van der Waals surface area contributed by atoms with Crippen molar-refractivity contribution in [3.63, 3.8) is 0 Å². The number of hydrogen-bond acceptors (Lipinski definition) is 2. The maximum absolute atomic E-state index is 13.1. The molecule has 3 nitrogen and oxygen atoms in total. The average molecular weight is 225 g/mol. The van der Waals surface area contributed by atoms with E-state index in [4.69, 9.17) is 5.73 Å². The van der Waals surface area contributed by atoms with Gasteiger partial charge in [-0.15, -0.1) is 0 Å². The summed E-state index contributed by atoms with van der Waals surface area (Å²) >= 11 is 0. The van der Waals surface area contributed by atoms with Crippen LogP contribution in [0.25, 0.3) is 11.0 Å². The highest BCUT2D eigenvalue weighted by Crippen LogP contribution is 2.17. The molecule has 0 spiro atoms. The summed E-state index contributed by atoms with van der Waals surface area (Å²) in [5.74, 6) is -1.70. The zero-order valence-electron chi connectivity index (χ0n) is 8.79. The van der Waals surface area contributed by atoms with Crippen molar-refractivity contribution >= 4 is 11.0 Å². The number of unbranched alkanes of at least 4 members (excludes halogenated alkanes) is 1. The van der Waals surface area contributed by atoms with Crippen LogP contribution in [-0.4, -0.2) is 16.1 Å². The molecule has 1 aromatic carbocycles. The van der Waals surface area contributed by atoms with Crippen molar-refractivity contribution in [3.8, 4) is 0 Å². The fourth-order valence-electron chi connectivity index (χ4n) is 1.66. The van der Waals surface area contributed by atoms with Gasteiger partial charge < -0.3 is 10.3 Å². The minimum absolute atomic E-state index is 0.478. The Morgan fingerprint density at radius 2 is 1.94 bits per heavy atom. The van der Waals surface area contributed by atoms with Gasteiger partial charge in [0.05, 0.1) is 17.4 Å². The van der Waals surface area contributed by atoms with Crippen LogP contribution >= 0.6 is 0 Å². The van der Waals surface area contributed by atoms with Crippen LogP contribution in [-0.2, 0) is 6.54 Å². The SMILES string of the molecule is NCCCCn1cnc2cc(F)c(F)cc21. The molecule has 0 radical (unpaired) electrons. The molecule has 0 saturated carbocycles. The lowest BCUT2D eigenvalue weighted by molar-refractivity contribution is 0.510. The molecule has 16 heavy (non-hydrogen) atoms. The highest BCUT2D eigenvalue weighted by Gasteiger charge is 2.08. The van der Waals surface area contributed by atoms with Crippen LogP contribution in [0, 0.1) is 11.6 Å². The lowest BCUT2D eigenvalue weighted by Gasteiger charge is -2.03. The molecule has 86 valence electrons. The normalized spacial score (nSPS) is 11.2. The van der Waals surface area contributed by atoms with E-state index in [1.807, 2.05) is 4.57 Å². The number of hydrogen-bond donors (Lipinski definition) is 1. The van der Waals surface area contributed by atoms with Gasteiger partial charge in [-0.05, 0) is 19.4 Å². The van der Waals surface area contributed by atoms with E-state index >= 15 is 0 Å². The number of aromatic nitrogens is 2. The molecule has 0 bridgehead atoms. The number of aryl methyl sites for hydroxylation is 1. The predicted octanol–water partition coefficient (Wildman–Crippen LogP) is 2.05. The monoisotopic (exact) mass is 225 g/mol. The van der Waals surface area contributed by atoms with Gasteiger partial charge in [0.2, 0.25) is 0 Å². The lowest BCUT2D eigenvalue weighted by Crippen LogP contribution is -2.02. The summed E-state index contributed by atoms with van der Waals surface area (Å²) in [7, 11) is 0. The van der Waals surface area contributed by atoms with Crippen molar-refractivity contribution in [2.24, 2.45) is 5.73 Å². The van der Waals surface area contributed by atoms with Crippen LogP contribution in [0.2, 0.25) is 0 Å². The number of nitrogens with two attached hydrogens (primary N) is 1. The van der Waals surface area contributed by atoms with Crippen LogP contribution in [0.1, 0.15) is 12.8 Å². The largest absolute Gasteiger partial charge is 0.331 e. The molecular formula is C11H13F2N3. The van der Waals surface area contributed by atoms with Crippen molar-refractivity contribution in [2.75, 3.05) is 6.54 Å². The Hall–Kier alpha value is -1.49. The van der Waals surface area contributed by atoms with Crippen LogP contribution in [0.3, 0.4) is 0 Å². The molecule has 1 heterocycles. The van der Waals surface area contributed by atoms with E-state index in [1.54, 1.807) is 6.33 Å². The van der Waals surface area contributed by atoms with Crippen molar-refractivity contribution in [2.45, 2.75) is 19.4 Å². The second-order valence-corrected chi connectivity index (χ2v) is 3.69. The Balaban J connectivity index is 2.29. The molecule has 2 aromatic rings. The van der Waals surface area contributed by atoms with Gasteiger partial charge in [0.25, 0.3) is 0 Å². The summed E-state index contributed by atoms with van der Waals surface area (Å²) in [6, 6.07) is 2.30. The Labute approximate surface area is 91.9 Å². The maximum atomic E-state index is 13.1. The standard InChI is InChI=1S/C11H13F2N3/c12-8-5-10-11(6-9(8)13)16(7-15-10)4-2-1-3-14/h5-7H,1-4,14H2. The zero-order chi connectivity index (χ0) is 11.5. The van der Waals surface area contributed by atoms with E-state index in [2.05, 4.69) is 4.98 Å². The van der Waals surface area contributed by atoms with Gasteiger partial charge in [-0.25, -0.2) is 13.8 Å². The van der Waals surface area contributed by atoms with E-state index in [-0.39, 0.29) is 0 Å². The second-order valence-electron chi connectivity index (χ2n) is 3.69. The number of benzene rings is 1. The van der Waals surface area contributed by atoms with Crippen molar-refractivity contribution in [1.82, 2.24) is 9.55 Å². The quantitative estimate of drug-likeness (QED) is 0.809. The van der Waals surface area contributed by atoms with Crippen molar-refractivity contribution in [3.05, 3.63) is 30.1 Å². The third-order valence-electron chi connectivity index (χ3n) is 2.52. The first-order chi connectivity index (χ1) is 7.72. The van der Waals surface area contributed by atoms with Crippen LogP contribution in [0.5, 0.6) is 0 Å². The van der Waals surface area contributed by atoms with Gasteiger partial charge >= 0.3 is 0 Å². The summed E-state index contributed by atoms with van der Waals surface area (Å²) in [6.07, 6.45) is 3.41. The summed E-state index contributed by atoms with van der Waals surface area (Å²) in [5.41, 5.74) is 6.49. The summed E-state index contributed by atoms with van der Waals surface area (Å²) in [4.78, 5) is 4.02. The highest BCUT2D eigenvalue weighted by atomic mass is 19.2. The fraction of sp³-hybridized carbons (Fsp3) is 0.364. The predicted molar refractivity (Wildman–Crippen MR) is 57.9 cm³/mol. The van der Waals surface area contributed by atoms with Gasteiger partial charge in [-0.3, -0.25) is 0 Å². The maximum Gasteiger partial charge on any atom is 0.161 e. The molecule has 0 aliphatic carbocycles. The van der Waals surface area contributed by atoms with Gasteiger partial charge in [0, 0.05) is 18.7 Å². The van der Waals surface area contributed by atoms with Gasteiger partial charge in [-0.2, -0.15) is 0 Å². The Morgan fingerprint density at radius 1 is 1.19 bits per heavy atom. The summed E-state index contributed by atoms with van der Waals surface area (Å²) < 4.78 is 27.8. The zero-order valence-corrected chi connectivity index (χ0v) is 8.79. The molecule has 5 heteroatoms. The first-order valence-electron chi connectivity index (χ1n) is 5.22. The molecule has 0 saturated heterocycles. The molecule has 0 aliphatic heterocycles.